The predicted octanol–water partition coefficient (Wildman–Crippen LogP) is 2.00. The average molecular weight is 228 g/mol. The van der Waals surface area contributed by atoms with Crippen molar-refractivity contribution in [1.29, 1.82) is 0 Å². The lowest BCUT2D eigenvalue weighted by Gasteiger charge is -2.22. The zero-order valence-corrected chi connectivity index (χ0v) is 10.5. The summed E-state index contributed by atoms with van der Waals surface area (Å²) in [5, 5.41) is 2.96. The number of nitrogens with one attached hydrogen (secondary N) is 1. The van der Waals surface area contributed by atoms with Crippen molar-refractivity contribution in [1.82, 2.24) is 10.2 Å². The molecule has 1 heterocycles. The lowest BCUT2D eigenvalue weighted by atomic mass is 10.2. The Morgan fingerprint density at radius 2 is 2.06 bits per heavy atom. The van der Waals surface area contributed by atoms with Crippen molar-refractivity contribution < 1.29 is 9.53 Å². The van der Waals surface area contributed by atoms with E-state index in [1.165, 1.54) is 0 Å². The fourth-order valence-corrected chi connectivity index (χ4v) is 1.97. The zero-order chi connectivity index (χ0) is 11.8. The van der Waals surface area contributed by atoms with Gasteiger partial charge >= 0.3 is 6.03 Å². The van der Waals surface area contributed by atoms with Crippen LogP contribution < -0.4 is 5.32 Å². The molecule has 0 aliphatic carbocycles. The lowest BCUT2D eigenvalue weighted by molar-refractivity contribution is 0.109. The molecule has 1 aliphatic rings. The van der Waals surface area contributed by atoms with Crippen LogP contribution in [0, 0.1) is 0 Å². The van der Waals surface area contributed by atoms with Gasteiger partial charge in [0.2, 0.25) is 0 Å². The smallest absolute Gasteiger partial charge is 0.317 e. The maximum atomic E-state index is 11.8. The van der Waals surface area contributed by atoms with Gasteiger partial charge in [-0.05, 0) is 25.7 Å². The largest absolute Gasteiger partial charge is 0.376 e. The monoisotopic (exact) mass is 228 g/mol. The van der Waals surface area contributed by atoms with E-state index in [9.17, 15) is 4.79 Å². The Kier molecular flexibility index (Phi) is 6.23. The number of amides is 2. The molecule has 1 atom stereocenters. The summed E-state index contributed by atoms with van der Waals surface area (Å²) in [6.07, 6.45) is 4.44. The summed E-state index contributed by atoms with van der Waals surface area (Å²) in [6, 6.07) is 0.0548. The van der Waals surface area contributed by atoms with Gasteiger partial charge in [-0.2, -0.15) is 0 Å². The summed E-state index contributed by atoms with van der Waals surface area (Å²) in [6.45, 7) is 7.36. The molecule has 0 saturated carbocycles. The second kappa shape index (κ2) is 7.49. The molecule has 4 nitrogen and oxygen atoms in total. The molecule has 94 valence electrons. The van der Waals surface area contributed by atoms with E-state index >= 15 is 0 Å². The standard InChI is InChI=1S/C12H24N2O2/c1-3-7-14(8-4-2)12(15)13-10-11-6-5-9-16-11/h11H,3-10H2,1-2H3,(H,13,15). The van der Waals surface area contributed by atoms with Crippen molar-refractivity contribution in [2.45, 2.75) is 45.6 Å². The van der Waals surface area contributed by atoms with Crippen molar-refractivity contribution >= 4 is 6.03 Å². The van der Waals surface area contributed by atoms with Crippen molar-refractivity contribution in [2.24, 2.45) is 0 Å². The Morgan fingerprint density at radius 1 is 1.38 bits per heavy atom. The maximum absolute atomic E-state index is 11.8. The molecule has 1 fully saturated rings. The van der Waals surface area contributed by atoms with E-state index in [2.05, 4.69) is 19.2 Å². The highest BCUT2D eigenvalue weighted by atomic mass is 16.5. The van der Waals surface area contributed by atoms with Crippen molar-refractivity contribution in [3.63, 3.8) is 0 Å². The molecule has 0 aromatic heterocycles. The van der Waals surface area contributed by atoms with E-state index in [0.29, 0.717) is 6.54 Å². The van der Waals surface area contributed by atoms with Gasteiger partial charge in [0.25, 0.3) is 0 Å². The summed E-state index contributed by atoms with van der Waals surface area (Å²) in [7, 11) is 0. The van der Waals surface area contributed by atoms with E-state index in [4.69, 9.17) is 4.74 Å². The SMILES string of the molecule is CCCN(CCC)C(=O)NCC1CCCO1. The Labute approximate surface area is 98.3 Å². The van der Waals surface area contributed by atoms with Crippen LogP contribution in [0.5, 0.6) is 0 Å². The molecule has 16 heavy (non-hydrogen) atoms. The highest BCUT2D eigenvalue weighted by Gasteiger charge is 2.18. The molecule has 1 rings (SSSR count). The Morgan fingerprint density at radius 3 is 2.56 bits per heavy atom. The van der Waals surface area contributed by atoms with Crippen LogP contribution in [0.25, 0.3) is 0 Å². The Balaban J connectivity index is 2.24. The van der Waals surface area contributed by atoms with E-state index in [1.807, 2.05) is 4.90 Å². The third-order valence-corrected chi connectivity index (χ3v) is 2.78. The van der Waals surface area contributed by atoms with Crippen LogP contribution in [0.15, 0.2) is 0 Å². The number of ether oxygens (including phenoxy) is 1. The number of urea groups is 1. The van der Waals surface area contributed by atoms with Gasteiger partial charge in [0.1, 0.15) is 0 Å². The van der Waals surface area contributed by atoms with Gasteiger partial charge in [-0.15, -0.1) is 0 Å². The fourth-order valence-electron chi connectivity index (χ4n) is 1.97. The molecular weight excluding hydrogens is 204 g/mol. The highest BCUT2D eigenvalue weighted by Crippen LogP contribution is 2.10. The van der Waals surface area contributed by atoms with Gasteiger partial charge in [0, 0.05) is 26.2 Å². The first-order valence-corrected chi connectivity index (χ1v) is 6.42. The first-order valence-electron chi connectivity index (χ1n) is 6.42. The van der Waals surface area contributed by atoms with Gasteiger partial charge in [-0.25, -0.2) is 4.79 Å². The zero-order valence-electron chi connectivity index (χ0n) is 10.5. The molecule has 0 spiro atoms. The van der Waals surface area contributed by atoms with Gasteiger partial charge in [-0.1, -0.05) is 13.8 Å². The van der Waals surface area contributed by atoms with Crippen LogP contribution in [-0.4, -0.2) is 43.3 Å². The first-order chi connectivity index (χ1) is 7.77. The van der Waals surface area contributed by atoms with Crippen molar-refractivity contribution in [3.05, 3.63) is 0 Å². The van der Waals surface area contributed by atoms with Crippen LogP contribution in [0.4, 0.5) is 4.79 Å². The molecule has 1 saturated heterocycles. The topological polar surface area (TPSA) is 41.6 Å². The summed E-state index contributed by atoms with van der Waals surface area (Å²) < 4.78 is 5.47. The minimum Gasteiger partial charge on any atom is -0.376 e. The second-order valence-electron chi connectivity index (χ2n) is 4.31. The third kappa shape index (κ3) is 4.39. The molecule has 1 unspecified atom stereocenters. The second-order valence-corrected chi connectivity index (χ2v) is 4.31. The summed E-state index contributed by atoms with van der Waals surface area (Å²) >= 11 is 0. The van der Waals surface area contributed by atoms with Crippen molar-refractivity contribution in [2.75, 3.05) is 26.2 Å². The fraction of sp³-hybridized carbons (Fsp3) is 0.917. The average Bonchev–Trinajstić information content (AvgIpc) is 2.78. The highest BCUT2D eigenvalue weighted by molar-refractivity contribution is 5.74. The molecule has 1 N–H and O–H groups in total. The maximum Gasteiger partial charge on any atom is 0.317 e. The molecule has 0 radical (unpaired) electrons. The van der Waals surface area contributed by atoms with E-state index < -0.39 is 0 Å². The number of carbonyl (C=O) groups excluding carboxylic acids is 1. The molecule has 0 aromatic carbocycles. The number of hydrogen-bond acceptors (Lipinski definition) is 2. The normalized spacial score (nSPS) is 19.8. The van der Waals surface area contributed by atoms with Crippen molar-refractivity contribution in [3.8, 4) is 0 Å². The molecule has 2 amide bonds. The summed E-state index contributed by atoms with van der Waals surface area (Å²) in [5.74, 6) is 0. The van der Waals surface area contributed by atoms with E-state index in [0.717, 1.165) is 45.4 Å². The minimum atomic E-state index is 0.0548. The molecule has 0 bridgehead atoms. The van der Waals surface area contributed by atoms with E-state index in [-0.39, 0.29) is 12.1 Å². The van der Waals surface area contributed by atoms with Gasteiger partial charge in [0.05, 0.1) is 6.10 Å². The molecule has 0 aromatic rings. The number of carbonyl (C=O) groups is 1. The molecular formula is C12H24N2O2. The van der Waals surface area contributed by atoms with Crippen LogP contribution in [0.2, 0.25) is 0 Å². The summed E-state index contributed by atoms with van der Waals surface area (Å²) in [4.78, 5) is 13.7. The molecule has 1 aliphatic heterocycles. The third-order valence-electron chi connectivity index (χ3n) is 2.78. The first kappa shape index (κ1) is 13.3. The van der Waals surface area contributed by atoms with E-state index in [1.54, 1.807) is 0 Å². The van der Waals surface area contributed by atoms with Gasteiger partial charge in [0.15, 0.2) is 0 Å². The van der Waals surface area contributed by atoms with Gasteiger partial charge < -0.3 is 15.0 Å². The van der Waals surface area contributed by atoms with Crippen LogP contribution in [-0.2, 0) is 4.74 Å². The van der Waals surface area contributed by atoms with Crippen LogP contribution in [0.1, 0.15) is 39.5 Å². The molecule has 4 heteroatoms. The van der Waals surface area contributed by atoms with Crippen LogP contribution >= 0.6 is 0 Å². The Bertz CT molecular complexity index is 197. The predicted molar refractivity (Wildman–Crippen MR) is 64.5 cm³/mol. The quantitative estimate of drug-likeness (QED) is 0.755. The summed E-state index contributed by atoms with van der Waals surface area (Å²) in [5.41, 5.74) is 0. The van der Waals surface area contributed by atoms with Gasteiger partial charge in [-0.3, -0.25) is 0 Å². The number of rotatable bonds is 6. The Hall–Kier alpha value is -0.770. The van der Waals surface area contributed by atoms with Crippen LogP contribution in [0.3, 0.4) is 0 Å². The minimum absolute atomic E-state index is 0.0548. The number of hydrogen-bond donors (Lipinski definition) is 1. The lowest BCUT2D eigenvalue weighted by Crippen LogP contribution is -2.43. The number of nitrogens with zero attached hydrogens (tertiary/aromatic N) is 1.